The van der Waals surface area contributed by atoms with Crippen LogP contribution < -0.4 is 4.72 Å². The zero-order valence-electron chi connectivity index (χ0n) is 9.04. The molecule has 94 valence electrons. The molecule has 7 heteroatoms. The zero-order chi connectivity index (χ0) is 13.1. The number of anilines is 1. The van der Waals surface area contributed by atoms with Crippen molar-refractivity contribution in [2.45, 2.75) is 13.3 Å². The van der Waals surface area contributed by atoms with Crippen LogP contribution in [0.25, 0.3) is 0 Å². The van der Waals surface area contributed by atoms with Crippen molar-refractivity contribution in [3.63, 3.8) is 0 Å². The van der Waals surface area contributed by atoms with Gasteiger partial charge in [-0.25, -0.2) is 12.8 Å². The SMILES string of the molecule is CCCS(=O)(=O)Nc1cccc(C(=O)Cl)c1F. The Hall–Kier alpha value is -1.14. The fourth-order valence-corrected chi connectivity index (χ4v) is 2.53. The molecule has 4 nitrogen and oxygen atoms in total. The standard InChI is InChI=1S/C10H11ClFNO3S/c1-2-6-17(15,16)13-8-5-3-4-7(9(8)12)10(11)14/h3-5,13H,2,6H2,1H3. The van der Waals surface area contributed by atoms with Crippen molar-refractivity contribution >= 4 is 32.6 Å². The highest BCUT2D eigenvalue weighted by Crippen LogP contribution is 2.20. The predicted molar refractivity (Wildman–Crippen MR) is 64.3 cm³/mol. The number of carbonyl (C=O) groups excluding carboxylic acids is 1. The van der Waals surface area contributed by atoms with Crippen LogP contribution in [0.3, 0.4) is 0 Å². The summed E-state index contributed by atoms with van der Waals surface area (Å²) < 4.78 is 38.6. The summed E-state index contributed by atoms with van der Waals surface area (Å²) in [6.45, 7) is 1.69. The molecule has 0 aliphatic heterocycles. The molecule has 0 bridgehead atoms. The van der Waals surface area contributed by atoms with E-state index in [2.05, 4.69) is 4.72 Å². The first-order chi connectivity index (χ1) is 7.87. The van der Waals surface area contributed by atoms with Crippen LogP contribution in [0.4, 0.5) is 10.1 Å². The Morgan fingerprint density at radius 3 is 2.65 bits per heavy atom. The van der Waals surface area contributed by atoms with Gasteiger partial charge in [0.05, 0.1) is 17.0 Å². The van der Waals surface area contributed by atoms with Crippen LogP contribution >= 0.6 is 11.6 Å². The fraction of sp³-hybridized carbons (Fsp3) is 0.300. The van der Waals surface area contributed by atoms with Crippen LogP contribution in [0.5, 0.6) is 0 Å². The third-order valence-electron chi connectivity index (χ3n) is 1.95. The maximum absolute atomic E-state index is 13.7. The van der Waals surface area contributed by atoms with Gasteiger partial charge in [-0.1, -0.05) is 13.0 Å². The Kier molecular flexibility index (Phi) is 4.47. The number of hydrogen-bond acceptors (Lipinski definition) is 3. The van der Waals surface area contributed by atoms with Gasteiger partial charge < -0.3 is 0 Å². The van der Waals surface area contributed by atoms with Gasteiger partial charge in [0, 0.05) is 0 Å². The molecule has 1 N–H and O–H groups in total. The third-order valence-corrected chi connectivity index (χ3v) is 3.63. The van der Waals surface area contributed by atoms with Crippen LogP contribution in [0, 0.1) is 5.82 Å². The molecule has 0 aromatic heterocycles. The summed E-state index contributed by atoms with van der Waals surface area (Å²) in [5.41, 5.74) is -0.631. The van der Waals surface area contributed by atoms with Gasteiger partial charge in [0.2, 0.25) is 10.0 Å². The molecule has 1 aromatic carbocycles. The molecule has 0 saturated carbocycles. The first-order valence-corrected chi connectivity index (χ1v) is 6.89. The smallest absolute Gasteiger partial charge is 0.255 e. The highest BCUT2D eigenvalue weighted by molar-refractivity contribution is 7.92. The number of carbonyl (C=O) groups is 1. The van der Waals surface area contributed by atoms with Gasteiger partial charge in [-0.15, -0.1) is 0 Å². The molecule has 17 heavy (non-hydrogen) atoms. The molecule has 1 aromatic rings. The Morgan fingerprint density at radius 1 is 1.47 bits per heavy atom. The summed E-state index contributed by atoms with van der Waals surface area (Å²) >= 11 is 5.16. The zero-order valence-corrected chi connectivity index (χ0v) is 10.6. The fourth-order valence-electron chi connectivity index (χ4n) is 1.25. The lowest BCUT2D eigenvalue weighted by Gasteiger charge is -2.09. The van der Waals surface area contributed by atoms with Crippen molar-refractivity contribution in [3.05, 3.63) is 29.6 Å². The first kappa shape index (κ1) is 13.9. The van der Waals surface area contributed by atoms with Gasteiger partial charge in [-0.3, -0.25) is 9.52 Å². The van der Waals surface area contributed by atoms with E-state index >= 15 is 0 Å². The second-order valence-electron chi connectivity index (χ2n) is 3.36. The number of halogens is 2. The molecule has 0 atom stereocenters. The van der Waals surface area contributed by atoms with Crippen molar-refractivity contribution in [2.24, 2.45) is 0 Å². The average molecular weight is 280 g/mol. The summed E-state index contributed by atoms with van der Waals surface area (Å²) in [5.74, 6) is -1.09. The largest absolute Gasteiger partial charge is 0.281 e. The summed E-state index contributed by atoms with van der Waals surface area (Å²) in [5, 5.41) is -0.973. The molecule has 0 aliphatic rings. The minimum absolute atomic E-state index is 0.120. The maximum Gasteiger partial charge on any atom is 0.255 e. The molecule has 0 amide bonds. The normalized spacial score (nSPS) is 11.2. The van der Waals surface area contributed by atoms with Crippen molar-refractivity contribution in [1.82, 2.24) is 0 Å². The third kappa shape index (κ3) is 3.67. The molecular weight excluding hydrogens is 269 g/mol. The van der Waals surface area contributed by atoms with E-state index in [9.17, 15) is 17.6 Å². The maximum atomic E-state index is 13.7. The number of sulfonamides is 1. The van der Waals surface area contributed by atoms with Crippen LogP contribution in [-0.4, -0.2) is 19.4 Å². The number of hydrogen-bond donors (Lipinski definition) is 1. The van der Waals surface area contributed by atoms with Gasteiger partial charge in [-0.05, 0) is 30.2 Å². The van der Waals surface area contributed by atoms with Crippen molar-refractivity contribution < 1.29 is 17.6 Å². The lowest BCUT2D eigenvalue weighted by molar-refractivity contribution is 0.107. The molecule has 0 unspecified atom stereocenters. The summed E-state index contributed by atoms with van der Waals surface area (Å²) in [7, 11) is -3.59. The van der Waals surface area contributed by atoms with E-state index in [0.717, 1.165) is 0 Å². The van der Waals surface area contributed by atoms with Gasteiger partial charge >= 0.3 is 0 Å². The Morgan fingerprint density at radius 2 is 2.12 bits per heavy atom. The van der Waals surface area contributed by atoms with E-state index in [4.69, 9.17) is 11.6 Å². The lowest BCUT2D eigenvalue weighted by Crippen LogP contribution is -2.17. The van der Waals surface area contributed by atoms with Gasteiger partial charge in [-0.2, -0.15) is 0 Å². The quantitative estimate of drug-likeness (QED) is 0.842. The molecule has 0 radical (unpaired) electrons. The second-order valence-corrected chi connectivity index (χ2v) is 5.55. The molecular formula is C10H11ClFNO3S. The minimum Gasteiger partial charge on any atom is -0.281 e. The molecule has 0 heterocycles. The van der Waals surface area contributed by atoms with Crippen molar-refractivity contribution in [3.8, 4) is 0 Å². The second kappa shape index (κ2) is 5.46. The molecule has 0 aliphatic carbocycles. The van der Waals surface area contributed by atoms with Crippen LogP contribution in [0.1, 0.15) is 23.7 Å². The van der Waals surface area contributed by atoms with E-state index in [1.54, 1.807) is 6.92 Å². The molecule has 0 saturated heterocycles. The minimum atomic E-state index is -3.59. The van der Waals surface area contributed by atoms with Crippen LogP contribution in [0.2, 0.25) is 0 Å². The summed E-state index contributed by atoms with van der Waals surface area (Å²) in [6, 6.07) is 3.76. The number of rotatable bonds is 5. The van der Waals surface area contributed by atoms with E-state index in [1.807, 2.05) is 0 Å². The van der Waals surface area contributed by atoms with Gasteiger partial charge in [0.15, 0.2) is 5.82 Å². The summed E-state index contributed by atoms with van der Waals surface area (Å²) in [6.07, 6.45) is 0.408. The molecule has 0 spiro atoms. The van der Waals surface area contributed by atoms with Crippen LogP contribution in [0.15, 0.2) is 18.2 Å². The summed E-state index contributed by atoms with van der Waals surface area (Å²) in [4.78, 5) is 10.9. The number of benzene rings is 1. The Balaban J connectivity index is 3.09. The topological polar surface area (TPSA) is 63.2 Å². The molecule has 0 fully saturated rings. The average Bonchev–Trinajstić information content (AvgIpc) is 2.20. The predicted octanol–water partition coefficient (Wildman–Crippen LogP) is 2.36. The highest BCUT2D eigenvalue weighted by Gasteiger charge is 2.16. The van der Waals surface area contributed by atoms with E-state index in [1.165, 1.54) is 18.2 Å². The van der Waals surface area contributed by atoms with Gasteiger partial charge in [0.25, 0.3) is 5.24 Å². The van der Waals surface area contributed by atoms with Crippen LogP contribution in [-0.2, 0) is 10.0 Å². The van der Waals surface area contributed by atoms with E-state index in [0.29, 0.717) is 6.42 Å². The molecule has 1 rings (SSSR count). The first-order valence-electron chi connectivity index (χ1n) is 4.86. The van der Waals surface area contributed by atoms with Crippen molar-refractivity contribution in [2.75, 3.05) is 10.5 Å². The lowest BCUT2D eigenvalue weighted by atomic mass is 10.2. The van der Waals surface area contributed by atoms with Gasteiger partial charge in [0.1, 0.15) is 0 Å². The monoisotopic (exact) mass is 279 g/mol. The van der Waals surface area contributed by atoms with E-state index in [-0.39, 0.29) is 17.0 Å². The Bertz CT molecular complexity index is 530. The van der Waals surface area contributed by atoms with Crippen molar-refractivity contribution in [1.29, 1.82) is 0 Å². The number of nitrogens with one attached hydrogen (secondary N) is 1. The van der Waals surface area contributed by atoms with E-state index < -0.39 is 21.1 Å². The highest BCUT2D eigenvalue weighted by atomic mass is 35.5. The Labute approximate surface area is 104 Å².